The number of imidazole rings is 1. The van der Waals surface area contributed by atoms with Gasteiger partial charge in [-0.1, -0.05) is 23.7 Å². The molecule has 8 heteroatoms. The molecule has 1 atom stereocenters. The molecule has 3 rings (SSSR count). The Bertz CT molecular complexity index is 896. The summed E-state index contributed by atoms with van der Waals surface area (Å²) in [6.07, 6.45) is 4.10. The molecular formula is C17H16ClN5O2. The van der Waals surface area contributed by atoms with Crippen molar-refractivity contribution in [3.8, 4) is 11.6 Å². The minimum absolute atomic E-state index is 0.341. The van der Waals surface area contributed by atoms with E-state index in [4.69, 9.17) is 16.3 Å². The van der Waals surface area contributed by atoms with Crippen LogP contribution in [0.4, 0.5) is 5.82 Å². The van der Waals surface area contributed by atoms with Gasteiger partial charge in [0.1, 0.15) is 29.5 Å². The second-order valence-corrected chi connectivity index (χ2v) is 5.69. The molecule has 0 aliphatic rings. The molecule has 0 bridgehead atoms. The summed E-state index contributed by atoms with van der Waals surface area (Å²) in [6.45, 7) is 3.50. The molecule has 0 aliphatic carbocycles. The van der Waals surface area contributed by atoms with E-state index in [1.807, 2.05) is 6.92 Å². The number of amides is 1. The minimum Gasteiger partial charge on any atom is -0.479 e. The lowest BCUT2D eigenvalue weighted by atomic mass is 10.3. The van der Waals surface area contributed by atoms with Gasteiger partial charge in [0.05, 0.1) is 5.02 Å². The molecule has 3 aromatic rings. The van der Waals surface area contributed by atoms with Crippen LogP contribution in [0.3, 0.4) is 0 Å². The molecule has 2 heterocycles. The van der Waals surface area contributed by atoms with Crippen LogP contribution in [0, 0.1) is 6.92 Å². The Morgan fingerprint density at radius 2 is 2.08 bits per heavy atom. The molecule has 0 fully saturated rings. The number of hydrogen-bond acceptors (Lipinski definition) is 5. The lowest BCUT2D eigenvalue weighted by Gasteiger charge is -2.15. The van der Waals surface area contributed by atoms with E-state index in [0.717, 1.165) is 5.82 Å². The van der Waals surface area contributed by atoms with Gasteiger partial charge in [0.2, 0.25) is 0 Å². The van der Waals surface area contributed by atoms with E-state index in [-0.39, 0.29) is 5.91 Å². The van der Waals surface area contributed by atoms with Crippen molar-refractivity contribution in [1.82, 2.24) is 19.5 Å². The fourth-order valence-electron chi connectivity index (χ4n) is 2.18. The standard InChI is InChI=1S/C17H16ClN5O2/c1-11(25-14-6-4-3-5-13(14)18)17(24)22-15-9-16(21-10-20-15)23-8-7-19-12(23)2/h3-11H,1-2H3,(H,20,21,22,24). The lowest BCUT2D eigenvalue weighted by molar-refractivity contribution is -0.122. The maximum atomic E-state index is 12.3. The van der Waals surface area contributed by atoms with Crippen molar-refractivity contribution in [2.45, 2.75) is 20.0 Å². The van der Waals surface area contributed by atoms with Gasteiger partial charge < -0.3 is 10.1 Å². The van der Waals surface area contributed by atoms with Crippen LogP contribution >= 0.6 is 11.6 Å². The molecule has 1 N–H and O–H groups in total. The highest BCUT2D eigenvalue weighted by Gasteiger charge is 2.17. The Morgan fingerprint density at radius 3 is 2.80 bits per heavy atom. The topological polar surface area (TPSA) is 81.9 Å². The fraction of sp³-hybridized carbons (Fsp3) is 0.176. The van der Waals surface area contributed by atoms with Gasteiger partial charge in [-0.25, -0.2) is 15.0 Å². The lowest BCUT2D eigenvalue weighted by Crippen LogP contribution is -2.30. The van der Waals surface area contributed by atoms with Crippen molar-refractivity contribution in [2.24, 2.45) is 0 Å². The van der Waals surface area contributed by atoms with Crippen molar-refractivity contribution in [3.63, 3.8) is 0 Å². The molecule has 0 spiro atoms. The quantitative estimate of drug-likeness (QED) is 0.759. The molecule has 0 saturated heterocycles. The maximum absolute atomic E-state index is 12.3. The van der Waals surface area contributed by atoms with Gasteiger partial charge >= 0.3 is 0 Å². The van der Waals surface area contributed by atoms with Crippen molar-refractivity contribution in [2.75, 3.05) is 5.32 Å². The second-order valence-electron chi connectivity index (χ2n) is 5.29. The number of nitrogens with zero attached hydrogens (tertiary/aromatic N) is 4. The van der Waals surface area contributed by atoms with Gasteiger partial charge in [0, 0.05) is 18.5 Å². The molecule has 1 amide bonds. The number of carbonyl (C=O) groups excluding carboxylic acids is 1. The van der Waals surface area contributed by atoms with Gasteiger partial charge in [0.25, 0.3) is 5.91 Å². The minimum atomic E-state index is -0.742. The highest BCUT2D eigenvalue weighted by Crippen LogP contribution is 2.24. The van der Waals surface area contributed by atoms with Crippen LogP contribution in [-0.4, -0.2) is 31.5 Å². The summed E-state index contributed by atoms with van der Waals surface area (Å²) in [5.74, 6) is 1.88. The molecule has 7 nitrogen and oxygen atoms in total. The Morgan fingerprint density at radius 1 is 1.28 bits per heavy atom. The summed E-state index contributed by atoms with van der Waals surface area (Å²) in [5, 5.41) is 3.16. The van der Waals surface area contributed by atoms with E-state index >= 15 is 0 Å². The SMILES string of the molecule is Cc1nccn1-c1cc(NC(=O)C(C)Oc2ccccc2Cl)ncn1. The van der Waals surface area contributed by atoms with Gasteiger partial charge in [-0.3, -0.25) is 9.36 Å². The van der Waals surface area contributed by atoms with E-state index in [9.17, 15) is 4.79 Å². The Hall–Kier alpha value is -2.93. The first kappa shape index (κ1) is 16.9. The van der Waals surface area contributed by atoms with Crippen molar-refractivity contribution in [3.05, 3.63) is 59.9 Å². The maximum Gasteiger partial charge on any atom is 0.266 e. The largest absolute Gasteiger partial charge is 0.479 e. The van der Waals surface area contributed by atoms with Crippen LogP contribution in [-0.2, 0) is 4.79 Å². The van der Waals surface area contributed by atoms with E-state index < -0.39 is 6.10 Å². The zero-order valence-corrected chi connectivity index (χ0v) is 14.4. The van der Waals surface area contributed by atoms with Crippen LogP contribution in [0.15, 0.2) is 49.1 Å². The molecular weight excluding hydrogens is 342 g/mol. The highest BCUT2D eigenvalue weighted by atomic mass is 35.5. The van der Waals surface area contributed by atoms with E-state index in [1.54, 1.807) is 54.2 Å². The zero-order valence-electron chi connectivity index (χ0n) is 13.7. The Kier molecular flexibility index (Phi) is 4.95. The number of aryl methyl sites for hydroxylation is 1. The number of ether oxygens (including phenoxy) is 1. The van der Waals surface area contributed by atoms with Gasteiger partial charge in [-0.2, -0.15) is 0 Å². The van der Waals surface area contributed by atoms with Gasteiger partial charge in [-0.05, 0) is 26.0 Å². The number of hydrogen-bond donors (Lipinski definition) is 1. The summed E-state index contributed by atoms with van der Waals surface area (Å²) in [6, 6.07) is 8.65. The number of nitrogens with one attached hydrogen (secondary N) is 1. The third kappa shape index (κ3) is 3.95. The number of benzene rings is 1. The first-order chi connectivity index (χ1) is 12.0. The highest BCUT2D eigenvalue weighted by molar-refractivity contribution is 6.32. The van der Waals surface area contributed by atoms with E-state index in [0.29, 0.717) is 22.4 Å². The predicted octanol–water partition coefficient (Wildman–Crippen LogP) is 3.03. The zero-order chi connectivity index (χ0) is 17.8. The average molecular weight is 358 g/mol. The third-order valence-electron chi connectivity index (χ3n) is 3.49. The molecule has 0 aliphatic heterocycles. The fourth-order valence-corrected chi connectivity index (χ4v) is 2.36. The van der Waals surface area contributed by atoms with Crippen molar-refractivity contribution in [1.29, 1.82) is 0 Å². The first-order valence-corrected chi connectivity index (χ1v) is 7.97. The number of aromatic nitrogens is 4. The van der Waals surface area contributed by atoms with Crippen LogP contribution in [0.1, 0.15) is 12.7 Å². The molecule has 2 aromatic heterocycles. The number of para-hydroxylation sites is 1. The molecule has 128 valence electrons. The monoisotopic (exact) mass is 357 g/mol. The third-order valence-corrected chi connectivity index (χ3v) is 3.80. The van der Waals surface area contributed by atoms with Gasteiger partial charge in [0.15, 0.2) is 6.10 Å². The van der Waals surface area contributed by atoms with Crippen LogP contribution < -0.4 is 10.1 Å². The molecule has 25 heavy (non-hydrogen) atoms. The van der Waals surface area contributed by atoms with Crippen LogP contribution in [0.25, 0.3) is 5.82 Å². The smallest absolute Gasteiger partial charge is 0.266 e. The Labute approximate surface area is 149 Å². The number of halogens is 1. The normalized spacial score (nSPS) is 11.8. The number of carbonyl (C=O) groups is 1. The summed E-state index contributed by atoms with van der Waals surface area (Å²) in [4.78, 5) is 24.7. The summed E-state index contributed by atoms with van der Waals surface area (Å²) in [7, 11) is 0. The summed E-state index contributed by atoms with van der Waals surface area (Å²) < 4.78 is 7.39. The number of rotatable bonds is 5. The predicted molar refractivity (Wildman–Crippen MR) is 94.1 cm³/mol. The van der Waals surface area contributed by atoms with Crippen LogP contribution in [0.5, 0.6) is 5.75 Å². The van der Waals surface area contributed by atoms with E-state index in [1.165, 1.54) is 6.33 Å². The van der Waals surface area contributed by atoms with Gasteiger partial charge in [-0.15, -0.1) is 0 Å². The van der Waals surface area contributed by atoms with Crippen LogP contribution in [0.2, 0.25) is 5.02 Å². The second kappa shape index (κ2) is 7.31. The van der Waals surface area contributed by atoms with Crippen molar-refractivity contribution >= 4 is 23.3 Å². The summed E-state index contributed by atoms with van der Waals surface area (Å²) in [5.41, 5.74) is 0. The number of anilines is 1. The molecule has 0 saturated carbocycles. The molecule has 1 unspecified atom stereocenters. The molecule has 0 radical (unpaired) electrons. The average Bonchev–Trinajstić information content (AvgIpc) is 3.03. The Balaban J connectivity index is 1.71. The van der Waals surface area contributed by atoms with E-state index in [2.05, 4.69) is 20.3 Å². The summed E-state index contributed by atoms with van der Waals surface area (Å²) >= 11 is 6.04. The first-order valence-electron chi connectivity index (χ1n) is 7.59. The molecule has 1 aromatic carbocycles. The van der Waals surface area contributed by atoms with Crippen molar-refractivity contribution < 1.29 is 9.53 Å².